The Morgan fingerprint density at radius 3 is 2.24 bits per heavy atom. The number of sulfonamides is 1. The van der Waals surface area contributed by atoms with Gasteiger partial charge in [-0.15, -0.1) is 0 Å². The van der Waals surface area contributed by atoms with E-state index < -0.39 is 34.4 Å². The van der Waals surface area contributed by atoms with Gasteiger partial charge in [-0.2, -0.15) is 0 Å². The number of oxazole rings is 1. The molecule has 1 aromatic heterocycles. The first-order valence-corrected chi connectivity index (χ1v) is 16.8. The molecule has 1 unspecified atom stereocenters. The summed E-state index contributed by atoms with van der Waals surface area (Å²) < 4.78 is 40.5. The molecule has 3 N–H and O–H groups in total. The number of hydrogen-bond donors (Lipinski definition) is 3. The number of carbonyl (C=O) groups excluding carboxylic acids is 1. The van der Waals surface area contributed by atoms with Crippen LogP contribution in [0, 0.1) is 0 Å². The molecule has 0 aliphatic rings. The van der Waals surface area contributed by atoms with Crippen LogP contribution in [-0.4, -0.2) is 30.4 Å². The zero-order valence-corrected chi connectivity index (χ0v) is 27.2. The van der Waals surface area contributed by atoms with Crippen LogP contribution < -0.4 is 14.8 Å². The molecular formula is C37H28ClN3O7S. The van der Waals surface area contributed by atoms with Crippen molar-refractivity contribution < 1.29 is 32.3 Å². The molecule has 10 nitrogen and oxygen atoms in total. The minimum atomic E-state index is -4.15. The van der Waals surface area contributed by atoms with Gasteiger partial charge in [-0.05, 0) is 71.8 Å². The number of carboxylic acids is 1. The average molecular weight is 694 g/mol. The molecule has 12 heteroatoms. The number of aromatic nitrogens is 1. The highest BCUT2D eigenvalue weighted by molar-refractivity contribution is 7.92. The molecule has 5 aromatic carbocycles. The van der Waals surface area contributed by atoms with Crippen molar-refractivity contribution in [1.29, 1.82) is 0 Å². The molecule has 1 heterocycles. The van der Waals surface area contributed by atoms with Gasteiger partial charge in [0.2, 0.25) is 0 Å². The van der Waals surface area contributed by atoms with Crippen molar-refractivity contribution >= 4 is 39.2 Å². The first kappa shape index (κ1) is 33.0. The zero-order valence-electron chi connectivity index (χ0n) is 25.6. The van der Waals surface area contributed by atoms with Crippen molar-refractivity contribution in [3.05, 3.63) is 150 Å². The predicted octanol–water partition coefficient (Wildman–Crippen LogP) is 8.20. The lowest BCUT2D eigenvalue weighted by molar-refractivity contribution is -0.137. The van der Waals surface area contributed by atoms with Gasteiger partial charge in [-0.3, -0.25) is 14.3 Å². The van der Waals surface area contributed by atoms with Crippen molar-refractivity contribution in [3.63, 3.8) is 0 Å². The fourth-order valence-corrected chi connectivity index (χ4v) is 6.37. The standard InChI is InChI=1S/C37H28ClN3O7S/c38-27-16-19-32(41-49(45,46)29-17-14-26(15-18-29)35-22-39-23-47-35)31(20-27)37(44)40-33(21-36(42)43)25-12-10-24(11-13-25)30-8-4-5-9-34(30)48-28-6-2-1-3-7-28/h1-20,22-23,33,41H,21H2,(H,40,44)(H,42,43). The largest absolute Gasteiger partial charge is 0.481 e. The number of rotatable bonds is 12. The third kappa shape index (κ3) is 7.98. The number of carboxylic acid groups (broad SMARTS) is 1. The van der Waals surface area contributed by atoms with Gasteiger partial charge in [0, 0.05) is 16.1 Å². The first-order chi connectivity index (χ1) is 23.7. The topological polar surface area (TPSA) is 148 Å². The second-order valence-electron chi connectivity index (χ2n) is 10.8. The number of carbonyl (C=O) groups is 2. The van der Waals surface area contributed by atoms with Crippen LogP contribution in [0.15, 0.2) is 143 Å². The maximum Gasteiger partial charge on any atom is 0.305 e. The molecule has 0 saturated heterocycles. The Morgan fingerprint density at radius 1 is 0.857 bits per heavy atom. The van der Waals surface area contributed by atoms with E-state index in [-0.39, 0.29) is 21.2 Å². The number of amides is 1. The monoisotopic (exact) mass is 693 g/mol. The number of benzene rings is 5. The summed E-state index contributed by atoms with van der Waals surface area (Å²) in [5.41, 5.74) is 2.66. The quantitative estimate of drug-likeness (QED) is 0.116. The van der Waals surface area contributed by atoms with E-state index in [0.717, 1.165) is 11.1 Å². The third-order valence-electron chi connectivity index (χ3n) is 7.52. The van der Waals surface area contributed by atoms with Gasteiger partial charge >= 0.3 is 5.97 Å². The first-order valence-electron chi connectivity index (χ1n) is 14.9. The fourth-order valence-electron chi connectivity index (χ4n) is 5.12. The van der Waals surface area contributed by atoms with Crippen molar-refractivity contribution in [2.75, 3.05) is 4.72 Å². The average Bonchev–Trinajstić information content (AvgIpc) is 3.65. The molecule has 246 valence electrons. The Kier molecular flexibility index (Phi) is 9.74. The van der Waals surface area contributed by atoms with Crippen molar-refractivity contribution in [1.82, 2.24) is 10.3 Å². The van der Waals surface area contributed by atoms with E-state index in [1.165, 1.54) is 42.9 Å². The highest BCUT2D eigenvalue weighted by Gasteiger charge is 2.24. The van der Waals surface area contributed by atoms with Crippen LogP contribution in [0.2, 0.25) is 5.02 Å². The Balaban J connectivity index is 1.23. The molecule has 0 saturated carbocycles. The summed E-state index contributed by atoms with van der Waals surface area (Å²) in [5.74, 6) is -0.0756. The summed E-state index contributed by atoms with van der Waals surface area (Å²) in [6, 6.07) is 33.1. The number of hydrogen-bond acceptors (Lipinski definition) is 7. The Labute approximate surface area is 287 Å². The molecule has 1 amide bonds. The lowest BCUT2D eigenvalue weighted by Crippen LogP contribution is -2.31. The number of anilines is 1. The van der Waals surface area contributed by atoms with E-state index in [0.29, 0.717) is 28.4 Å². The molecule has 6 rings (SSSR count). The number of para-hydroxylation sites is 2. The van der Waals surface area contributed by atoms with E-state index in [1.54, 1.807) is 24.3 Å². The van der Waals surface area contributed by atoms with E-state index in [1.807, 2.05) is 66.7 Å². The lowest BCUT2D eigenvalue weighted by atomic mass is 9.98. The number of nitrogens with one attached hydrogen (secondary N) is 2. The smallest absolute Gasteiger partial charge is 0.305 e. The van der Waals surface area contributed by atoms with Gasteiger partial charge in [0.15, 0.2) is 12.2 Å². The van der Waals surface area contributed by atoms with Gasteiger partial charge in [0.25, 0.3) is 15.9 Å². The summed E-state index contributed by atoms with van der Waals surface area (Å²) in [6.45, 7) is 0. The van der Waals surface area contributed by atoms with Gasteiger partial charge in [-0.25, -0.2) is 13.4 Å². The molecule has 0 aliphatic heterocycles. The fraction of sp³-hybridized carbons (Fsp3) is 0.0541. The molecule has 0 radical (unpaired) electrons. The summed E-state index contributed by atoms with van der Waals surface area (Å²) in [4.78, 5) is 29.3. The Morgan fingerprint density at radius 2 is 1.55 bits per heavy atom. The highest BCUT2D eigenvalue weighted by Crippen LogP contribution is 2.34. The Bertz CT molecular complexity index is 2190. The minimum Gasteiger partial charge on any atom is -0.481 e. The van der Waals surface area contributed by atoms with Gasteiger partial charge in [0.1, 0.15) is 11.5 Å². The summed E-state index contributed by atoms with van der Waals surface area (Å²) in [7, 11) is -4.15. The van der Waals surface area contributed by atoms with Gasteiger partial charge in [0.05, 0.1) is 34.8 Å². The van der Waals surface area contributed by atoms with E-state index in [2.05, 4.69) is 15.0 Å². The van der Waals surface area contributed by atoms with Crippen LogP contribution in [0.25, 0.3) is 22.5 Å². The van der Waals surface area contributed by atoms with Crippen molar-refractivity contribution in [2.45, 2.75) is 17.4 Å². The minimum absolute atomic E-state index is 0.0411. The summed E-state index contributed by atoms with van der Waals surface area (Å²) >= 11 is 6.22. The number of nitrogens with zero attached hydrogens (tertiary/aromatic N) is 1. The molecular weight excluding hydrogens is 666 g/mol. The summed E-state index contributed by atoms with van der Waals surface area (Å²) in [5, 5.41) is 12.6. The Hall–Kier alpha value is -5.91. The van der Waals surface area contributed by atoms with Crippen LogP contribution in [0.1, 0.15) is 28.4 Å². The molecule has 0 bridgehead atoms. The van der Waals surface area contributed by atoms with Crippen LogP contribution in [0.4, 0.5) is 5.69 Å². The van der Waals surface area contributed by atoms with Crippen LogP contribution >= 0.6 is 11.6 Å². The third-order valence-corrected chi connectivity index (χ3v) is 9.13. The number of halogens is 1. The molecule has 0 fully saturated rings. The second kappa shape index (κ2) is 14.5. The molecule has 49 heavy (non-hydrogen) atoms. The SMILES string of the molecule is O=C(O)CC(NC(=O)c1cc(Cl)ccc1NS(=O)(=O)c1ccc(-c2cnco2)cc1)c1ccc(-c2ccccc2Oc2ccccc2)cc1. The molecule has 6 aromatic rings. The van der Waals surface area contributed by atoms with Gasteiger partial charge < -0.3 is 19.6 Å². The van der Waals surface area contributed by atoms with E-state index >= 15 is 0 Å². The van der Waals surface area contributed by atoms with Crippen LogP contribution in [0.3, 0.4) is 0 Å². The number of aliphatic carboxylic acids is 1. The maximum absolute atomic E-state index is 13.7. The highest BCUT2D eigenvalue weighted by atomic mass is 35.5. The maximum atomic E-state index is 13.7. The summed E-state index contributed by atoms with van der Waals surface area (Å²) in [6.07, 6.45) is 2.35. The number of ether oxygens (including phenoxy) is 1. The van der Waals surface area contributed by atoms with Crippen LogP contribution in [-0.2, 0) is 14.8 Å². The van der Waals surface area contributed by atoms with Crippen LogP contribution in [0.5, 0.6) is 11.5 Å². The molecule has 0 aliphatic carbocycles. The second-order valence-corrected chi connectivity index (χ2v) is 13.0. The predicted molar refractivity (Wildman–Crippen MR) is 185 cm³/mol. The molecule has 0 spiro atoms. The zero-order chi connectivity index (χ0) is 34.4. The van der Waals surface area contributed by atoms with E-state index in [9.17, 15) is 23.1 Å². The lowest BCUT2D eigenvalue weighted by Gasteiger charge is -2.20. The van der Waals surface area contributed by atoms with Gasteiger partial charge in [-0.1, -0.05) is 72.3 Å². The molecule has 1 atom stereocenters. The van der Waals surface area contributed by atoms with E-state index in [4.69, 9.17) is 20.8 Å². The van der Waals surface area contributed by atoms with Crippen molar-refractivity contribution in [3.8, 4) is 33.9 Å². The van der Waals surface area contributed by atoms with Crippen molar-refractivity contribution in [2.24, 2.45) is 0 Å². The normalized spacial score (nSPS) is 11.8.